The Balaban J connectivity index is 2.47. The topological polar surface area (TPSA) is 26.0 Å². The van der Waals surface area contributed by atoms with Gasteiger partial charge in [0.2, 0.25) is 5.92 Å². The molecule has 0 bridgehead atoms. The minimum Gasteiger partial charge on any atom is -0.330 e. The molecule has 0 aromatic rings. The zero-order chi connectivity index (χ0) is 9.41. The molecule has 0 unspecified atom stereocenters. The predicted molar refractivity (Wildman–Crippen MR) is 45.1 cm³/mol. The smallest absolute Gasteiger partial charge is 0.249 e. The van der Waals surface area contributed by atoms with Gasteiger partial charge in [0.1, 0.15) is 0 Å². The van der Waals surface area contributed by atoms with E-state index >= 15 is 0 Å². The molecule has 12 heavy (non-hydrogen) atoms. The van der Waals surface area contributed by atoms with E-state index in [1.54, 1.807) is 0 Å². The Kier molecular flexibility index (Phi) is 2.43. The molecule has 0 atom stereocenters. The number of alkyl halides is 2. The summed E-state index contributed by atoms with van der Waals surface area (Å²) in [5.74, 6) is -1.97. The Labute approximate surface area is 72.3 Å². The third kappa shape index (κ3) is 1.94. The molecule has 0 aliphatic heterocycles. The summed E-state index contributed by atoms with van der Waals surface area (Å²) in [4.78, 5) is 0. The van der Waals surface area contributed by atoms with Crippen molar-refractivity contribution in [2.24, 2.45) is 17.1 Å². The third-order valence-corrected chi connectivity index (χ3v) is 2.54. The zero-order valence-corrected chi connectivity index (χ0v) is 7.74. The van der Waals surface area contributed by atoms with Crippen LogP contribution >= 0.6 is 0 Å². The summed E-state index contributed by atoms with van der Waals surface area (Å²) in [5.41, 5.74) is 5.25. The van der Waals surface area contributed by atoms with Crippen molar-refractivity contribution in [2.75, 3.05) is 6.54 Å². The highest BCUT2D eigenvalue weighted by molar-refractivity contribution is 4.99. The van der Waals surface area contributed by atoms with E-state index in [1.807, 2.05) is 13.8 Å². The fourth-order valence-corrected chi connectivity index (χ4v) is 2.28. The highest BCUT2D eigenvalue weighted by atomic mass is 19.3. The van der Waals surface area contributed by atoms with Crippen LogP contribution in [0.2, 0.25) is 0 Å². The summed E-state index contributed by atoms with van der Waals surface area (Å²) >= 11 is 0. The number of halogens is 2. The Bertz CT molecular complexity index is 152. The van der Waals surface area contributed by atoms with Gasteiger partial charge in [-0.2, -0.15) is 0 Å². The second kappa shape index (κ2) is 2.95. The van der Waals surface area contributed by atoms with Gasteiger partial charge in [-0.3, -0.25) is 0 Å². The van der Waals surface area contributed by atoms with Crippen molar-refractivity contribution in [1.82, 2.24) is 0 Å². The van der Waals surface area contributed by atoms with Crippen molar-refractivity contribution >= 4 is 0 Å². The zero-order valence-electron chi connectivity index (χ0n) is 7.74. The van der Waals surface area contributed by atoms with Crippen LogP contribution in [0.3, 0.4) is 0 Å². The molecule has 3 heteroatoms. The summed E-state index contributed by atoms with van der Waals surface area (Å²) < 4.78 is 25.2. The lowest BCUT2D eigenvalue weighted by Crippen LogP contribution is -2.51. The van der Waals surface area contributed by atoms with E-state index in [0.29, 0.717) is 12.5 Å². The van der Waals surface area contributed by atoms with Crippen molar-refractivity contribution in [1.29, 1.82) is 0 Å². The quantitative estimate of drug-likeness (QED) is 0.703. The van der Waals surface area contributed by atoms with Gasteiger partial charge in [0.15, 0.2) is 0 Å². The Morgan fingerprint density at radius 2 is 1.83 bits per heavy atom. The highest BCUT2D eigenvalue weighted by Crippen LogP contribution is 2.54. The summed E-state index contributed by atoms with van der Waals surface area (Å²) in [6, 6.07) is 0. The second-order valence-corrected chi connectivity index (χ2v) is 4.51. The van der Waals surface area contributed by atoms with Crippen molar-refractivity contribution < 1.29 is 8.78 Å². The lowest BCUT2D eigenvalue weighted by molar-refractivity contribution is -0.163. The molecule has 1 rings (SSSR count). The monoisotopic (exact) mass is 177 g/mol. The number of rotatable bonds is 3. The van der Waals surface area contributed by atoms with Crippen LogP contribution in [0.4, 0.5) is 8.78 Å². The van der Waals surface area contributed by atoms with Gasteiger partial charge in [-0.25, -0.2) is 8.78 Å². The lowest BCUT2D eigenvalue weighted by Gasteiger charge is -2.47. The minimum atomic E-state index is -2.44. The fraction of sp³-hybridized carbons (Fsp3) is 1.00. The molecule has 0 aromatic heterocycles. The number of hydrogen-bond donors (Lipinski definition) is 1. The molecular formula is C9H17F2N. The van der Waals surface area contributed by atoms with E-state index in [1.165, 1.54) is 0 Å². The summed E-state index contributed by atoms with van der Waals surface area (Å²) in [6.07, 6.45) is 0.822. The highest BCUT2D eigenvalue weighted by Gasteiger charge is 2.55. The molecule has 0 heterocycles. The second-order valence-electron chi connectivity index (χ2n) is 4.51. The van der Waals surface area contributed by atoms with Crippen LogP contribution in [-0.2, 0) is 0 Å². The maximum Gasteiger partial charge on any atom is 0.249 e. The fourth-order valence-electron chi connectivity index (χ4n) is 2.28. The standard InChI is InChI=1S/C9H17F2N/c1-7(2)3-8(6-12)4-9(10,11)5-8/h7H,3-6,12H2,1-2H3. The van der Waals surface area contributed by atoms with E-state index < -0.39 is 5.92 Å². The van der Waals surface area contributed by atoms with E-state index in [4.69, 9.17) is 5.73 Å². The van der Waals surface area contributed by atoms with Crippen molar-refractivity contribution in [3.63, 3.8) is 0 Å². The van der Waals surface area contributed by atoms with Gasteiger partial charge >= 0.3 is 0 Å². The molecule has 0 radical (unpaired) electrons. The molecule has 0 aromatic carbocycles. The first-order valence-electron chi connectivity index (χ1n) is 4.47. The lowest BCUT2D eigenvalue weighted by atomic mass is 9.62. The summed E-state index contributed by atoms with van der Waals surface area (Å²) in [5, 5.41) is 0. The molecular weight excluding hydrogens is 160 g/mol. The van der Waals surface area contributed by atoms with Gasteiger partial charge in [0, 0.05) is 12.8 Å². The van der Waals surface area contributed by atoms with Crippen molar-refractivity contribution in [2.45, 2.75) is 39.0 Å². The van der Waals surface area contributed by atoms with Crippen LogP contribution < -0.4 is 5.73 Å². The normalized spacial score (nSPS) is 25.5. The van der Waals surface area contributed by atoms with Crippen LogP contribution in [0.1, 0.15) is 33.1 Å². The van der Waals surface area contributed by atoms with Gasteiger partial charge in [-0.1, -0.05) is 13.8 Å². The van der Waals surface area contributed by atoms with E-state index in [9.17, 15) is 8.78 Å². The predicted octanol–water partition coefficient (Wildman–Crippen LogP) is 2.41. The van der Waals surface area contributed by atoms with Gasteiger partial charge in [-0.15, -0.1) is 0 Å². The van der Waals surface area contributed by atoms with Gasteiger partial charge < -0.3 is 5.73 Å². The maximum absolute atomic E-state index is 12.6. The first kappa shape index (κ1) is 9.90. The molecule has 1 fully saturated rings. The molecule has 2 N–H and O–H groups in total. The van der Waals surface area contributed by atoms with Gasteiger partial charge in [-0.05, 0) is 24.3 Å². The number of hydrogen-bond acceptors (Lipinski definition) is 1. The van der Waals surface area contributed by atoms with Crippen molar-refractivity contribution in [3.05, 3.63) is 0 Å². The van der Waals surface area contributed by atoms with Crippen molar-refractivity contribution in [3.8, 4) is 0 Å². The number of nitrogens with two attached hydrogens (primary N) is 1. The Morgan fingerprint density at radius 3 is 2.08 bits per heavy atom. The summed E-state index contributed by atoms with van der Waals surface area (Å²) in [6.45, 7) is 4.50. The molecule has 1 nitrogen and oxygen atoms in total. The SMILES string of the molecule is CC(C)CC1(CN)CC(F)(F)C1. The van der Waals surface area contributed by atoms with Crippen LogP contribution in [0.25, 0.3) is 0 Å². The maximum atomic E-state index is 12.6. The van der Waals surface area contributed by atoms with Crippen LogP contribution in [0.15, 0.2) is 0 Å². The molecule has 0 amide bonds. The largest absolute Gasteiger partial charge is 0.330 e. The van der Waals surface area contributed by atoms with Crippen LogP contribution in [-0.4, -0.2) is 12.5 Å². The summed E-state index contributed by atoms with van der Waals surface area (Å²) in [7, 11) is 0. The first-order valence-corrected chi connectivity index (χ1v) is 4.47. The van der Waals surface area contributed by atoms with Crippen LogP contribution in [0, 0.1) is 11.3 Å². The molecule has 72 valence electrons. The van der Waals surface area contributed by atoms with Gasteiger partial charge in [0.25, 0.3) is 0 Å². The van der Waals surface area contributed by atoms with Gasteiger partial charge in [0.05, 0.1) is 0 Å². The molecule has 0 saturated heterocycles. The minimum absolute atomic E-state index is 0.00528. The first-order chi connectivity index (χ1) is 5.39. The molecule has 1 saturated carbocycles. The van der Waals surface area contributed by atoms with Crippen LogP contribution in [0.5, 0.6) is 0 Å². The van der Waals surface area contributed by atoms with E-state index in [0.717, 1.165) is 6.42 Å². The van der Waals surface area contributed by atoms with E-state index in [-0.39, 0.29) is 18.3 Å². The molecule has 1 aliphatic carbocycles. The Hall–Kier alpha value is -0.180. The average molecular weight is 177 g/mol. The molecule has 0 spiro atoms. The van der Waals surface area contributed by atoms with E-state index in [2.05, 4.69) is 0 Å². The third-order valence-electron chi connectivity index (χ3n) is 2.54. The molecule has 1 aliphatic rings. The average Bonchev–Trinajstić information content (AvgIpc) is 1.81. The Morgan fingerprint density at radius 1 is 1.33 bits per heavy atom.